The number of carbonyl (C=O) groups excluding carboxylic acids is 1. The highest BCUT2D eigenvalue weighted by Gasteiger charge is 2.19. The molecule has 4 rings (SSSR count). The number of rotatable bonds is 3. The van der Waals surface area contributed by atoms with Crippen molar-refractivity contribution in [3.05, 3.63) is 54.6 Å². The number of fused-ring (bicyclic) bond motifs is 2. The molecule has 7 heteroatoms. The van der Waals surface area contributed by atoms with Gasteiger partial charge in [-0.1, -0.05) is 0 Å². The quantitative estimate of drug-likeness (QED) is 0.684. The minimum Gasteiger partial charge on any atom is -0.455 e. The molecule has 23 heavy (non-hydrogen) atoms. The molecule has 0 saturated carbocycles. The number of ether oxygens (including phenoxy) is 1. The summed E-state index contributed by atoms with van der Waals surface area (Å²) < 4.78 is 6.88. The Labute approximate surface area is 140 Å². The summed E-state index contributed by atoms with van der Waals surface area (Å²) in [5.41, 5.74) is 2.47. The Morgan fingerprint density at radius 3 is 3.09 bits per heavy atom. The molecule has 0 saturated heterocycles. The summed E-state index contributed by atoms with van der Waals surface area (Å²) in [6, 6.07) is 3.36. The van der Waals surface area contributed by atoms with Crippen molar-refractivity contribution in [2.45, 2.75) is 32.8 Å². The Morgan fingerprint density at radius 2 is 2.26 bits per heavy atom. The molecule has 0 amide bonds. The average Bonchev–Trinajstić information content (AvgIpc) is 3.19. The summed E-state index contributed by atoms with van der Waals surface area (Å²) in [6.45, 7) is 1.88. The zero-order valence-corrected chi connectivity index (χ0v) is 14.1. The normalized spacial score (nSPS) is 13.4. The smallest absolute Gasteiger partial charge is 0.348 e. The van der Waals surface area contributed by atoms with Crippen LogP contribution in [0, 0.1) is 6.92 Å². The van der Waals surface area contributed by atoms with Gasteiger partial charge in [0, 0.05) is 22.0 Å². The lowest BCUT2D eigenvalue weighted by Gasteiger charge is -2.03. The van der Waals surface area contributed by atoms with Gasteiger partial charge in [0.15, 0.2) is 4.96 Å². The van der Waals surface area contributed by atoms with Gasteiger partial charge in [0.25, 0.3) is 5.56 Å². The number of hydrogen-bond acceptors (Lipinski definition) is 6. The maximum absolute atomic E-state index is 12.2. The standard InChI is InChI=1S/C16H14N2O3S2/c1-9-8-22-16-17-11(6-14(19)18(9)16)7-21-15(20)13-5-10-3-2-4-12(10)23-13/h5-6,8H,2-4,7H2,1H3. The Bertz CT molecular complexity index is 946. The largest absolute Gasteiger partial charge is 0.455 e. The molecule has 0 fully saturated rings. The van der Waals surface area contributed by atoms with Crippen molar-refractivity contribution in [1.82, 2.24) is 9.38 Å². The van der Waals surface area contributed by atoms with Gasteiger partial charge >= 0.3 is 5.97 Å². The highest BCUT2D eigenvalue weighted by Crippen LogP contribution is 2.31. The second-order valence-electron chi connectivity index (χ2n) is 5.57. The van der Waals surface area contributed by atoms with Gasteiger partial charge in [-0.05, 0) is 37.8 Å². The Balaban J connectivity index is 1.52. The minimum absolute atomic E-state index is 0.0179. The predicted octanol–water partition coefficient (Wildman–Crippen LogP) is 2.97. The zero-order valence-electron chi connectivity index (χ0n) is 12.5. The van der Waals surface area contributed by atoms with E-state index in [-0.39, 0.29) is 18.1 Å². The second-order valence-corrected chi connectivity index (χ2v) is 7.54. The maximum Gasteiger partial charge on any atom is 0.348 e. The van der Waals surface area contributed by atoms with Crippen LogP contribution in [0.25, 0.3) is 4.96 Å². The van der Waals surface area contributed by atoms with Crippen LogP contribution >= 0.6 is 22.7 Å². The SMILES string of the molecule is Cc1csc2nc(COC(=O)c3cc4c(s3)CCC4)cc(=O)n12. The number of aromatic nitrogens is 2. The molecule has 3 aromatic rings. The molecule has 0 aromatic carbocycles. The highest BCUT2D eigenvalue weighted by molar-refractivity contribution is 7.15. The van der Waals surface area contributed by atoms with Crippen molar-refractivity contribution in [1.29, 1.82) is 0 Å². The van der Waals surface area contributed by atoms with Crippen molar-refractivity contribution in [2.75, 3.05) is 0 Å². The fraction of sp³-hybridized carbons (Fsp3) is 0.312. The van der Waals surface area contributed by atoms with Crippen LogP contribution in [0.2, 0.25) is 0 Å². The lowest BCUT2D eigenvalue weighted by Crippen LogP contribution is -2.16. The molecule has 3 aromatic heterocycles. The van der Waals surface area contributed by atoms with Crippen LogP contribution in [-0.4, -0.2) is 15.4 Å². The average molecular weight is 346 g/mol. The third-order valence-electron chi connectivity index (χ3n) is 3.93. The van der Waals surface area contributed by atoms with Gasteiger partial charge in [-0.25, -0.2) is 9.78 Å². The van der Waals surface area contributed by atoms with E-state index in [2.05, 4.69) is 4.98 Å². The third-order valence-corrected chi connectivity index (χ3v) is 6.09. The number of nitrogens with zero attached hydrogens (tertiary/aromatic N) is 2. The molecule has 1 aliphatic carbocycles. The van der Waals surface area contributed by atoms with Crippen LogP contribution in [-0.2, 0) is 24.2 Å². The van der Waals surface area contributed by atoms with E-state index in [0.717, 1.165) is 18.5 Å². The summed E-state index contributed by atoms with van der Waals surface area (Å²) in [4.78, 5) is 31.2. The van der Waals surface area contributed by atoms with Gasteiger partial charge in [-0.3, -0.25) is 9.20 Å². The highest BCUT2D eigenvalue weighted by atomic mass is 32.1. The number of esters is 1. The predicted molar refractivity (Wildman–Crippen MR) is 89.5 cm³/mol. The molecule has 0 spiro atoms. The van der Waals surface area contributed by atoms with Gasteiger partial charge in [0.1, 0.15) is 11.5 Å². The molecular weight excluding hydrogens is 332 g/mol. The Kier molecular flexibility index (Phi) is 3.54. The van der Waals surface area contributed by atoms with E-state index in [1.54, 1.807) is 4.40 Å². The molecular formula is C16H14N2O3S2. The first-order valence-corrected chi connectivity index (χ1v) is 9.07. The molecule has 1 aliphatic rings. The third kappa shape index (κ3) is 2.60. The zero-order chi connectivity index (χ0) is 16.0. The Morgan fingerprint density at radius 1 is 1.39 bits per heavy atom. The van der Waals surface area contributed by atoms with Crippen LogP contribution in [0.3, 0.4) is 0 Å². The van der Waals surface area contributed by atoms with E-state index in [4.69, 9.17) is 4.74 Å². The van der Waals surface area contributed by atoms with E-state index in [9.17, 15) is 9.59 Å². The van der Waals surface area contributed by atoms with E-state index in [0.29, 0.717) is 15.5 Å². The van der Waals surface area contributed by atoms with Crippen molar-refractivity contribution >= 4 is 33.6 Å². The number of carbonyl (C=O) groups is 1. The molecule has 118 valence electrons. The van der Waals surface area contributed by atoms with E-state index >= 15 is 0 Å². The molecule has 0 atom stereocenters. The molecule has 0 unspecified atom stereocenters. The van der Waals surface area contributed by atoms with E-state index < -0.39 is 0 Å². The van der Waals surface area contributed by atoms with Gasteiger partial charge in [-0.2, -0.15) is 0 Å². The first kappa shape index (κ1) is 14.6. The number of hydrogen-bond donors (Lipinski definition) is 0. The number of aryl methyl sites for hydroxylation is 3. The van der Waals surface area contributed by atoms with Crippen LogP contribution in [0.15, 0.2) is 22.3 Å². The summed E-state index contributed by atoms with van der Waals surface area (Å²) in [7, 11) is 0. The van der Waals surface area contributed by atoms with Crippen LogP contribution in [0.1, 0.15) is 37.9 Å². The molecule has 0 bridgehead atoms. The number of thiazole rings is 1. The monoisotopic (exact) mass is 346 g/mol. The lowest BCUT2D eigenvalue weighted by atomic mass is 10.2. The maximum atomic E-state index is 12.2. The van der Waals surface area contributed by atoms with Gasteiger partial charge < -0.3 is 4.74 Å². The lowest BCUT2D eigenvalue weighted by molar-refractivity contribution is 0.0473. The minimum atomic E-state index is -0.339. The summed E-state index contributed by atoms with van der Waals surface area (Å²) in [6.07, 6.45) is 3.27. The van der Waals surface area contributed by atoms with Gasteiger partial charge in [0.05, 0.1) is 5.69 Å². The van der Waals surface area contributed by atoms with Crippen LogP contribution in [0.5, 0.6) is 0 Å². The van der Waals surface area contributed by atoms with E-state index in [1.165, 1.54) is 45.6 Å². The number of thiophene rings is 1. The molecule has 3 heterocycles. The summed E-state index contributed by atoms with van der Waals surface area (Å²) in [5.74, 6) is -0.339. The second kappa shape index (κ2) is 5.58. The summed E-state index contributed by atoms with van der Waals surface area (Å²) >= 11 is 2.92. The van der Waals surface area contributed by atoms with Crippen LogP contribution in [0.4, 0.5) is 0 Å². The summed E-state index contributed by atoms with van der Waals surface area (Å²) in [5, 5.41) is 1.88. The molecule has 0 radical (unpaired) electrons. The van der Waals surface area contributed by atoms with Gasteiger partial charge in [-0.15, -0.1) is 22.7 Å². The van der Waals surface area contributed by atoms with Crippen molar-refractivity contribution < 1.29 is 9.53 Å². The molecule has 0 aliphatic heterocycles. The van der Waals surface area contributed by atoms with Crippen LogP contribution < -0.4 is 5.56 Å². The van der Waals surface area contributed by atoms with Crippen molar-refractivity contribution in [3.8, 4) is 0 Å². The fourth-order valence-corrected chi connectivity index (χ4v) is 4.85. The van der Waals surface area contributed by atoms with Gasteiger partial charge in [0.2, 0.25) is 0 Å². The first-order valence-electron chi connectivity index (χ1n) is 7.37. The topological polar surface area (TPSA) is 60.7 Å². The van der Waals surface area contributed by atoms with E-state index in [1.807, 2.05) is 18.4 Å². The Hall–Kier alpha value is -1.99. The molecule has 5 nitrogen and oxygen atoms in total. The first-order chi connectivity index (χ1) is 11.1. The van der Waals surface area contributed by atoms with Crippen molar-refractivity contribution in [2.24, 2.45) is 0 Å². The fourth-order valence-electron chi connectivity index (χ4n) is 2.82. The van der Waals surface area contributed by atoms with Crippen molar-refractivity contribution in [3.63, 3.8) is 0 Å². The molecule has 0 N–H and O–H groups in total.